The molecule has 0 spiro atoms. The van der Waals surface area contributed by atoms with E-state index in [0.717, 1.165) is 55.9 Å². The summed E-state index contributed by atoms with van der Waals surface area (Å²) in [7, 11) is 0. The summed E-state index contributed by atoms with van der Waals surface area (Å²) in [6.45, 7) is 7.00. The minimum atomic E-state index is 0.242. The molecule has 0 radical (unpaired) electrons. The van der Waals surface area contributed by atoms with Crippen molar-refractivity contribution in [2.75, 3.05) is 44.2 Å². The molecule has 0 saturated carbocycles. The zero-order valence-electron chi connectivity index (χ0n) is 15.0. The summed E-state index contributed by atoms with van der Waals surface area (Å²) in [4.78, 5) is 23.8. The van der Waals surface area contributed by atoms with Crippen LogP contribution in [0.15, 0.2) is 34.6 Å². The Kier molecular flexibility index (Phi) is 6.48. The highest BCUT2D eigenvalue weighted by Gasteiger charge is 2.23. The minimum absolute atomic E-state index is 0.242. The first-order chi connectivity index (χ1) is 12.2. The Morgan fingerprint density at radius 3 is 2.64 bits per heavy atom. The van der Waals surface area contributed by atoms with Gasteiger partial charge in [0.2, 0.25) is 5.91 Å². The van der Waals surface area contributed by atoms with E-state index in [0.29, 0.717) is 6.54 Å². The summed E-state index contributed by atoms with van der Waals surface area (Å²) < 4.78 is 0.997. The van der Waals surface area contributed by atoms with Gasteiger partial charge in [0.15, 0.2) is 0 Å². The van der Waals surface area contributed by atoms with Crippen LogP contribution in [0.1, 0.15) is 32.6 Å². The van der Waals surface area contributed by atoms with Crippen LogP contribution in [0.4, 0.5) is 5.82 Å². The smallest absolute Gasteiger partial charge is 0.240 e. The largest absolute Gasteiger partial charge is 0.354 e. The van der Waals surface area contributed by atoms with Gasteiger partial charge in [-0.3, -0.25) is 9.69 Å². The van der Waals surface area contributed by atoms with Crippen LogP contribution < -0.4 is 4.90 Å². The first-order valence-corrected chi connectivity index (χ1v) is 10.0. The lowest BCUT2D eigenvalue weighted by molar-refractivity contribution is -0.130. The van der Waals surface area contributed by atoms with Gasteiger partial charge in [0.05, 0.1) is 6.54 Å². The highest BCUT2D eigenvalue weighted by atomic mass is 79.9. The van der Waals surface area contributed by atoms with E-state index in [2.05, 4.69) is 43.7 Å². The molecular formula is C19H27BrN4O. The molecule has 1 aliphatic carbocycles. The Hall–Kier alpha value is -1.40. The van der Waals surface area contributed by atoms with Crippen LogP contribution in [-0.2, 0) is 4.79 Å². The Morgan fingerprint density at radius 1 is 1.24 bits per heavy atom. The fourth-order valence-corrected chi connectivity index (χ4v) is 3.81. The number of rotatable bonds is 5. The van der Waals surface area contributed by atoms with Gasteiger partial charge in [0.1, 0.15) is 5.82 Å². The molecule has 1 saturated heterocycles. The standard InChI is InChI=1S/C19H27BrN4O/c1-2-24(17-6-4-3-5-7-17)19(25)15-22-10-12-23(13-11-22)18-9-8-16(20)14-21-18/h6,8-9,14H,2-5,7,10-13,15H2,1H3. The molecule has 1 aromatic heterocycles. The molecule has 1 fully saturated rings. The fourth-order valence-electron chi connectivity index (χ4n) is 3.57. The van der Waals surface area contributed by atoms with Gasteiger partial charge in [-0.1, -0.05) is 6.08 Å². The van der Waals surface area contributed by atoms with Crippen LogP contribution in [0, 0.1) is 0 Å². The predicted octanol–water partition coefficient (Wildman–Crippen LogP) is 3.27. The molecule has 0 aromatic carbocycles. The quantitative estimate of drug-likeness (QED) is 0.751. The number of anilines is 1. The molecule has 3 rings (SSSR count). The summed E-state index contributed by atoms with van der Waals surface area (Å²) in [6, 6.07) is 4.06. The van der Waals surface area contributed by atoms with E-state index in [9.17, 15) is 4.79 Å². The van der Waals surface area contributed by atoms with E-state index in [1.54, 1.807) is 0 Å². The van der Waals surface area contributed by atoms with Gasteiger partial charge in [-0.25, -0.2) is 4.98 Å². The molecule has 25 heavy (non-hydrogen) atoms. The number of carbonyl (C=O) groups is 1. The van der Waals surface area contributed by atoms with Gasteiger partial charge in [-0.2, -0.15) is 0 Å². The second kappa shape index (κ2) is 8.81. The molecule has 1 aromatic rings. The van der Waals surface area contributed by atoms with E-state index >= 15 is 0 Å². The summed E-state index contributed by atoms with van der Waals surface area (Å²) in [6.07, 6.45) is 8.70. The summed E-state index contributed by atoms with van der Waals surface area (Å²) in [5, 5.41) is 0. The van der Waals surface area contributed by atoms with E-state index in [4.69, 9.17) is 0 Å². The third-order valence-corrected chi connectivity index (χ3v) is 5.47. The van der Waals surface area contributed by atoms with Crippen LogP contribution in [0.3, 0.4) is 0 Å². The zero-order valence-corrected chi connectivity index (χ0v) is 16.5. The number of likely N-dealkylation sites (N-methyl/N-ethyl adjacent to an activating group) is 1. The third kappa shape index (κ3) is 4.82. The van der Waals surface area contributed by atoms with Gasteiger partial charge in [-0.15, -0.1) is 0 Å². The maximum atomic E-state index is 12.7. The first kappa shape index (κ1) is 18.4. The first-order valence-electron chi connectivity index (χ1n) is 9.25. The second-order valence-corrected chi connectivity index (χ2v) is 7.59. The van der Waals surface area contributed by atoms with E-state index in [-0.39, 0.29) is 5.91 Å². The van der Waals surface area contributed by atoms with E-state index < -0.39 is 0 Å². The molecule has 2 aliphatic rings. The topological polar surface area (TPSA) is 39.7 Å². The number of nitrogens with zero attached hydrogens (tertiary/aromatic N) is 4. The molecule has 136 valence electrons. The van der Waals surface area contributed by atoms with Crippen molar-refractivity contribution in [3.8, 4) is 0 Å². The molecular weight excluding hydrogens is 380 g/mol. The number of allylic oxidation sites excluding steroid dienone is 2. The normalized spacial score (nSPS) is 18.8. The summed E-state index contributed by atoms with van der Waals surface area (Å²) >= 11 is 3.42. The SMILES string of the molecule is CCN(C(=O)CN1CCN(c2ccc(Br)cn2)CC1)C1=CCCCC1. The molecule has 1 amide bonds. The number of halogens is 1. The van der Waals surface area contributed by atoms with Gasteiger partial charge < -0.3 is 9.80 Å². The number of hydrogen-bond donors (Lipinski definition) is 0. The number of carbonyl (C=O) groups excluding carboxylic acids is 1. The van der Waals surface area contributed by atoms with Gasteiger partial charge in [-0.05, 0) is 60.7 Å². The van der Waals surface area contributed by atoms with Crippen LogP contribution >= 0.6 is 15.9 Å². The average molecular weight is 407 g/mol. The van der Waals surface area contributed by atoms with Crippen molar-refractivity contribution in [1.29, 1.82) is 0 Å². The molecule has 0 N–H and O–H groups in total. The van der Waals surface area contributed by atoms with Crippen LogP contribution in [0.2, 0.25) is 0 Å². The fraction of sp³-hybridized carbons (Fsp3) is 0.579. The van der Waals surface area contributed by atoms with Crippen molar-refractivity contribution in [1.82, 2.24) is 14.8 Å². The number of pyridine rings is 1. The van der Waals surface area contributed by atoms with Crippen molar-refractivity contribution >= 4 is 27.7 Å². The van der Waals surface area contributed by atoms with Crippen molar-refractivity contribution in [2.45, 2.75) is 32.6 Å². The lowest BCUT2D eigenvalue weighted by Gasteiger charge is -2.36. The second-order valence-electron chi connectivity index (χ2n) is 6.68. The number of hydrogen-bond acceptors (Lipinski definition) is 4. The van der Waals surface area contributed by atoms with Crippen LogP contribution in [0.25, 0.3) is 0 Å². The van der Waals surface area contributed by atoms with Crippen LogP contribution in [0.5, 0.6) is 0 Å². The molecule has 5 nitrogen and oxygen atoms in total. The van der Waals surface area contributed by atoms with Crippen molar-refractivity contribution < 1.29 is 4.79 Å². The maximum absolute atomic E-state index is 12.7. The minimum Gasteiger partial charge on any atom is -0.354 e. The molecule has 0 atom stereocenters. The van der Waals surface area contributed by atoms with Crippen molar-refractivity contribution in [3.05, 3.63) is 34.6 Å². The Bertz CT molecular complexity index is 608. The monoisotopic (exact) mass is 406 g/mol. The number of aromatic nitrogens is 1. The Balaban J connectivity index is 1.51. The Labute approximate surface area is 158 Å². The molecule has 6 heteroatoms. The average Bonchev–Trinajstić information content (AvgIpc) is 2.65. The van der Waals surface area contributed by atoms with Gasteiger partial charge in [0.25, 0.3) is 0 Å². The van der Waals surface area contributed by atoms with Crippen LogP contribution in [-0.4, -0.2) is 60.0 Å². The summed E-state index contributed by atoms with van der Waals surface area (Å²) in [5.41, 5.74) is 1.23. The highest BCUT2D eigenvalue weighted by Crippen LogP contribution is 2.21. The number of amides is 1. The maximum Gasteiger partial charge on any atom is 0.240 e. The lowest BCUT2D eigenvalue weighted by Crippen LogP contribution is -2.50. The third-order valence-electron chi connectivity index (χ3n) is 5.00. The lowest BCUT2D eigenvalue weighted by atomic mass is 10.0. The predicted molar refractivity (Wildman–Crippen MR) is 105 cm³/mol. The zero-order chi connectivity index (χ0) is 17.6. The Morgan fingerprint density at radius 2 is 2.04 bits per heavy atom. The van der Waals surface area contributed by atoms with E-state index in [1.165, 1.54) is 18.5 Å². The molecule has 0 bridgehead atoms. The van der Waals surface area contributed by atoms with E-state index in [1.807, 2.05) is 23.2 Å². The highest BCUT2D eigenvalue weighted by molar-refractivity contribution is 9.10. The van der Waals surface area contributed by atoms with Gasteiger partial charge in [0, 0.05) is 49.1 Å². The van der Waals surface area contributed by atoms with Crippen molar-refractivity contribution in [3.63, 3.8) is 0 Å². The molecule has 1 aliphatic heterocycles. The molecule has 2 heterocycles. The molecule has 0 unspecified atom stereocenters. The summed E-state index contributed by atoms with van der Waals surface area (Å²) in [5.74, 6) is 1.25. The number of piperazine rings is 1. The van der Waals surface area contributed by atoms with Crippen molar-refractivity contribution in [2.24, 2.45) is 0 Å². The van der Waals surface area contributed by atoms with Gasteiger partial charge >= 0.3 is 0 Å².